The number of carbonyl (C=O) groups excluding carboxylic acids is 2. The Morgan fingerprint density at radius 2 is 1.43 bits per heavy atom. The van der Waals surface area contributed by atoms with Crippen molar-refractivity contribution in [2.75, 3.05) is 0 Å². The molecule has 116 valence electrons. The molecule has 23 heavy (non-hydrogen) atoms. The average Bonchev–Trinajstić information content (AvgIpc) is 3.08. The van der Waals surface area contributed by atoms with E-state index in [0.717, 1.165) is 11.1 Å². The average molecular weight is 308 g/mol. The van der Waals surface area contributed by atoms with E-state index in [1.807, 2.05) is 60.7 Å². The Morgan fingerprint density at radius 1 is 0.826 bits per heavy atom. The molecule has 2 aliphatic rings. The number of carbonyl (C=O) groups is 2. The molecule has 0 N–H and O–H groups in total. The van der Waals surface area contributed by atoms with E-state index < -0.39 is 11.7 Å². The van der Waals surface area contributed by atoms with Gasteiger partial charge in [-0.2, -0.15) is 0 Å². The summed E-state index contributed by atoms with van der Waals surface area (Å²) in [6.07, 6.45) is 0.597. The van der Waals surface area contributed by atoms with Crippen LogP contribution >= 0.6 is 0 Å². The van der Waals surface area contributed by atoms with Crippen LogP contribution in [0.3, 0.4) is 0 Å². The van der Waals surface area contributed by atoms with Gasteiger partial charge in [0.05, 0.1) is 18.3 Å². The molecular weight excluding hydrogens is 292 g/mol. The van der Waals surface area contributed by atoms with Crippen molar-refractivity contribution in [2.45, 2.75) is 30.5 Å². The Bertz CT molecular complexity index is 740. The summed E-state index contributed by atoms with van der Waals surface area (Å²) >= 11 is 0. The normalized spacial score (nSPS) is 29.6. The molecule has 0 saturated carbocycles. The first-order valence-corrected chi connectivity index (χ1v) is 7.72. The van der Waals surface area contributed by atoms with Crippen LogP contribution < -0.4 is 0 Å². The van der Waals surface area contributed by atoms with Gasteiger partial charge < -0.3 is 9.47 Å². The van der Waals surface area contributed by atoms with Crippen molar-refractivity contribution in [3.8, 4) is 0 Å². The van der Waals surface area contributed by atoms with Crippen molar-refractivity contribution in [2.24, 2.45) is 0 Å². The van der Waals surface area contributed by atoms with Gasteiger partial charge in [-0.3, -0.25) is 9.59 Å². The van der Waals surface area contributed by atoms with Crippen LogP contribution in [0, 0.1) is 0 Å². The number of benzene rings is 2. The van der Waals surface area contributed by atoms with Gasteiger partial charge in [0.2, 0.25) is 0 Å². The maximum Gasteiger partial charge on any atom is 0.317 e. The molecule has 3 atom stereocenters. The zero-order valence-electron chi connectivity index (χ0n) is 12.5. The summed E-state index contributed by atoms with van der Waals surface area (Å²) in [7, 11) is 0. The maximum absolute atomic E-state index is 12.4. The fourth-order valence-electron chi connectivity index (χ4n) is 3.55. The van der Waals surface area contributed by atoms with Crippen molar-refractivity contribution >= 4 is 11.9 Å². The van der Waals surface area contributed by atoms with Gasteiger partial charge in [0.25, 0.3) is 5.79 Å². The lowest BCUT2D eigenvalue weighted by molar-refractivity contribution is -0.201. The highest BCUT2D eigenvalue weighted by Gasteiger charge is 2.59. The minimum atomic E-state index is -1.17. The molecule has 0 amide bonds. The quantitative estimate of drug-likeness (QED) is 0.800. The molecule has 4 heteroatoms. The first-order chi connectivity index (χ1) is 11.2. The van der Waals surface area contributed by atoms with Crippen molar-refractivity contribution in [3.05, 3.63) is 71.8 Å². The fourth-order valence-corrected chi connectivity index (χ4v) is 3.55. The van der Waals surface area contributed by atoms with Crippen LogP contribution in [0.25, 0.3) is 0 Å². The zero-order valence-corrected chi connectivity index (χ0v) is 12.5. The van der Waals surface area contributed by atoms with E-state index in [9.17, 15) is 9.59 Å². The molecule has 2 heterocycles. The van der Waals surface area contributed by atoms with Gasteiger partial charge in [-0.1, -0.05) is 60.7 Å². The van der Waals surface area contributed by atoms with Crippen molar-refractivity contribution in [1.29, 1.82) is 0 Å². The molecule has 4 nitrogen and oxygen atoms in total. The van der Waals surface area contributed by atoms with Gasteiger partial charge in [0.1, 0.15) is 0 Å². The van der Waals surface area contributed by atoms with Gasteiger partial charge in [0, 0.05) is 6.42 Å². The number of hydrogen-bond acceptors (Lipinski definition) is 4. The third-order valence-electron chi connectivity index (χ3n) is 4.64. The van der Waals surface area contributed by atoms with Crippen LogP contribution in [0.2, 0.25) is 0 Å². The van der Waals surface area contributed by atoms with E-state index in [1.54, 1.807) is 0 Å². The molecule has 1 spiro atoms. The van der Waals surface area contributed by atoms with Crippen LogP contribution in [0.4, 0.5) is 0 Å². The Hall–Kier alpha value is -2.62. The maximum atomic E-state index is 12.4. The third-order valence-corrected chi connectivity index (χ3v) is 4.64. The summed E-state index contributed by atoms with van der Waals surface area (Å²) in [6, 6.07) is 19.1. The predicted octanol–water partition coefficient (Wildman–Crippen LogP) is 3.14. The zero-order chi connectivity index (χ0) is 15.9. The largest absolute Gasteiger partial charge is 0.422 e. The first-order valence-electron chi connectivity index (χ1n) is 7.72. The first kappa shape index (κ1) is 14.0. The smallest absolute Gasteiger partial charge is 0.317 e. The van der Waals surface area contributed by atoms with E-state index in [1.165, 1.54) is 0 Å². The lowest BCUT2D eigenvalue weighted by atomic mass is 9.84. The summed E-state index contributed by atoms with van der Waals surface area (Å²) < 4.78 is 11.1. The minimum Gasteiger partial charge on any atom is -0.422 e. The van der Waals surface area contributed by atoms with Gasteiger partial charge in [-0.05, 0) is 11.1 Å². The Kier molecular flexibility index (Phi) is 3.18. The van der Waals surface area contributed by atoms with Gasteiger partial charge in [-0.25, -0.2) is 0 Å². The Labute approximate surface area is 134 Å². The second-order valence-corrected chi connectivity index (χ2v) is 6.04. The van der Waals surface area contributed by atoms with Gasteiger partial charge in [0.15, 0.2) is 0 Å². The molecule has 2 saturated heterocycles. The number of esters is 2. The highest BCUT2D eigenvalue weighted by Crippen LogP contribution is 2.51. The lowest BCUT2D eigenvalue weighted by Crippen LogP contribution is -2.33. The Morgan fingerprint density at radius 3 is 2.09 bits per heavy atom. The topological polar surface area (TPSA) is 52.6 Å². The monoisotopic (exact) mass is 308 g/mol. The van der Waals surface area contributed by atoms with Crippen LogP contribution in [-0.2, 0) is 19.1 Å². The van der Waals surface area contributed by atoms with E-state index in [4.69, 9.17) is 9.47 Å². The molecule has 2 aliphatic heterocycles. The fraction of sp³-hybridized carbons (Fsp3) is 0.263. The standard InChI is InChI=1S/C19H16O4/c20-17-11-16(14-9-5-2-6-10-14)19(22-17)12-15(18(21)23-19)13-7-3-1-4-8-13/h1-10,15-16H,11-12H2. The summed E-state index contributed by atoms with van der Waals surface area (Å²) in [4.78, 5) is 24.3. The second-order valence-electron chi connectivity index (χ2n) is 6.04. The second kappa shape index (κ2) is 5.23. The number of ether oxygens (including phenoxy) is 2. The summed E-state index contributed by atoms with van der Waals surface area (Å²) in [6.45, 7) is 0. The van der Waals surface area contributed by atoms with Crippen molar-refractivity contribution in [1.82, 2.24) is 0 Å². The highest BCUT2D eigenvalue weighted by molar-refractivity contribution is 5.83. The van der Waals surface area contributed by atoms with Gasteiger partial charge in [-0.15, -0.1) is 0 Å². The number of hydrogen-bond donors (Lipinski definition) is 0. The van der Waals surface area contributed by atoms with Crippen LogP contribution in [0.5, 0.6) is 0 Å². The van der Waals surface area contributed by atoms with Crippen LogP contribution in [0.1, 0.15) is 35.8 Å². The van der Waals surface area contributed by atoms with Crippen molar-refractivity contribution < 1.29 is 19.1 Å². The lowest BCUT2D eigenvalue weighted by Gasteiger charge is -2.27. The van der Waals surface area contributed by atoms with Crippen LogP contribution in [0.15, 0.2) is 60.7 Å². The molecule has 3 unspecified atom stereocenters. The molecule has 0 aromatic heterocycles. The molecule has 0 radical (unpaired) electrons. The highest BCUT2D eigenvalue weighted by atomic mass is 16.7. The van der Waals surface area contributed by atoms with E-state index in [2.05, 4.69) is 0 Å². The number of rotatable bonds is 2. The summed E-state index contributed by atoms with van der Waals surface area (Å²) in [5, 5.41) is 0. The van der Waals surface area contributed by atoms with E-state index in [-0.39, 0.29) is 24.3 Å². The minimum absolute atomic E-state index is 0.235. The summed E-state index contributed by atoms with van der Waals surface area (Å²) in [5.74, 6) is -2.47. The molecule has 2 aromatic carbocycles. The SMILES string of the molecule is O=C1CC(c2ccccc2)C2(CC(c3ccccc3)C(=O)O2)O1. The van der Waals surface area contributed by atoms with Crippen molar-refractivity contribution in [3.63, 3.8) is 0 Å². The molecule has 0 aliphatic carbocycles. The third kappa shape index (κ3) is 2.31. The summed E-state index contributed by atoms with van der Waals surface area (Å²) in [5.41, 5.74) is 1.85. The van der Waals surface area contributed by atoms with Crippen LogP contribution in [-0.4, -0.2) is 17.7 Å². The molecule has 2 fully saturated rings. The molecule has 2 aromatic rings. The molecule has 4 rings (SSSR count). The van der Waals surface area contributed by atoms with E-state index >= 15 is 0 Å². The Balaban J connectivity index is 1.70. The molecular formula is C19H16O4. The van der Waals surface area contributed by atoms with Gasteiger partial charge >= 0.3 is 11.9 Å². The van der Waals surface area contributed by atoms with E-state index in [0.29, 0.717) is 6.42 Å². The molecule has 0 bridgehead atoms. The predicted molar refractivity (Wildman–Crippen MR) is 82.5 cm³/mol.